The van der Waals surface area contributed by atoms with Crippen molar-refractivity contribution in [2.75, 3.05) is 13.3 Å². The predicted molar refractivity (Wildman–Crippen MR) is 127 cm³/mol. The highest BCUT2D eigenvalue weighted by Crippen LogP contribution is 2.31. The Balaban J connectivity index is 1.40. The summed E-state index contributed by atoms with van der Waals surface area (Å²) in [5.74, 6) is -0.357. The molecular formula is C24H25N5O4S. The molecule has 0 spiro atoms. The average Bonchev–Trinajstić information content (AvgIpc) is 3.34. The van der Waals surface area contributed by atoms with Crippen molar-refractivity contribution >= 4 is 26.9 Å². The van der Waals surface area contributed by atoms with Gasteiger partial charge >= 0.3 is 5.97 Å². The fraction of sp³-hybridized carbons (Fsp3) is 0.292. The zero-order chi connectivity index (χ0) is 23.9. The van der Waals surface area contributed by atoms with E-state index in [9.17, 15) is 13.2 Å². The molecule has 5 rings (SSSR count). The Labute approximate surface area is 197 Å². The number of aromatic nitrogens is 4. The molecule has 10 heteroatoms. The minimum absolute atomic E-state index is 0.123. The second-order valence-corrected chi connectivity index (χ2v) is 10.7. The van der Waals surface area contributed by atoms with Crippen LogP contribution in [-0.2, 0) is 40.8 Å². The number of sulfonamides is 1. The van der Waals surface area contributed by atoms with E-state index in [0.717, 1.165) is 22.7 Å². The minimum Gasteiger partial charge on any atom is -0.456 e. The summed E-state index contributed by atoms with van der Waals surface area (Å²) in [5, 5.41) is 9.11. The van der Waals surface area contributed by atoms with E-state index in [0.29, 0.717) is 30.8 Å². The van der Waals surface area contributed by atoms with Gasteiger partial charge in [-0.2, -0.15) is 4.31 Å². The highest BCUT2D eigenvalue weighted by Gasteiger charge is 2.28. The normalized spacial score (nSPS) is 16.1. The summed E-state index contributed by atoms with van der Waals surface area (Å²) >= 11 is 0. The van der Waals surface area contributed by atoms with E-state index in [-0.39, 0.29) is 12.5 Å². The SMILES string of the molecule is CN(Cc1cn(CC2Cc3cn(Cc4ccccc4)c4cccc(c34)C(=O)O2)nn1)S(C)(=O)=O. The molecule has 0 bridgehead atoms. The van der Waals surface area contributed by atoms with Gasteiger partial charge in [0.05, 0.1) is 30.6 Å². The fourth-order valence-corrected chi connectivity index (χ4v) is 4.70. The molecule has 34 heavy (non-hydrogen) atoms. The molecular weight excluding hydrogens is 454 g/mol. The van der Waals surface area contributed by atoms with Crippen LogP contribution in [0.1, 0.15) is 27.2 Å². The van der Waals surface area contributed by atoms with Crippen molar-refractivity contribution in [1.29, 1.82) is 0 Å². The number of cyclic esters (lactones) is 1. The lowest BCUT2D eigenvalue weighted by Gasteiger charge is -2.15. The summed E-state index contributed by atoms with van der Waals surface area (Å²) in [5.41, 5.74) is 4.32. The third kappa shape index (κ3) is 4.46. The van der Waals surface area contributed by atoms with E-state index in [2.05, 4.69) is 33.2 Å². The minimum atomic E-state index is -3.32. The Morgan fingerprint density at radius 3 is 2.68 bits per heavy atom. The molecule has 0 fully saturated rings. The fourth-order valence-electron chi connectivity index (χ4n) is 4.33. The molecule has 2 aromatic carbocycles. The van der Waals surface area contributed by atoms with E-state index >= 15 is 0 Å². The molecule has 176 valence electrons. The van der Waals surface area contributed by atoms with Crippen LogP contribution in [-0.4, -0.2) is 57.7 Å². The van der Waals surface area contributed by atoms with Gasteiger partial charge in [-0.05, 0) is 23.3 Å². The monoisotopic (exact) mass is 479 g/mol. The Kier molecular flexibility index (Phi) is 5.70. The quantitative estimate of drug-likeness (QED) is 0.378. The van der Waals surface area contributed by atoms with Gasteiger partial charge in [0.2, 0.25) is 10.0 Å². The summed E-state index contributed by atoms with van der Waals surface area (Å²) in [6.45, 7) is 1.15. The van der Waals surface area contributed by atoms with Crippen LogP contribution < -0.4 is 0 Å². The lowest BCUT2D eigenvalue weighted by molar-refractivity contribution is 0.0264. The first kappa shape index (κ1) is 22.3. The number of nitrogens with zero attached hydrogens (tertiary/aromatic N) is 5. The van der Waals surface area contributed by atoms with Gasteiger partial charge in [-0.3, -0.25) is 0 Å². The molecule has 2 aromatic heterocycles. The number of benzene rings is 2. The maximum atomic E-state index is 13.0. The van der Waals surface area contributed by atoms with E-state index in [1.54, 1.807) is 16.9 Å². The molecule has 0 radical (unpaired) electrons. The van der Waals surface area contributed by atoms with Gasteiger partial charge in [0.25, 0.3) is 0 Å². The van der Waals surface area contributed by atoms with Gasteiger partial charge in [0.15, 0.2) is 0 Å². The zero-order valence-corrected chi connectivity index (χ0v) is 19.8. The number of esters is 1. The van der Waals surface area contributed by atoms with Crippen molar-refractivity contribution < 1.29 is 17.9 Å². The van der Waals surface area contributed by atoms with Gasteiger partial charge in [0.1, 0.15) is 6.10 Å². The third-order valence-electron chi connectivity index (χ3n) is 6.05. The van der Waals surface area contributed by atoms with Crippen LogP contribution in [0.25, 0.3) is 10.9 Å². The van der Waals surface area contributed by atoms with Gasteiger partial charge in [-0.1, -0.05) is 41.6 Å². The first-order valence-electron chi connectivity index (χ1n) is 10.9. The third-order valence-corrected chi connectivity index (χ3v) is 7.31. The smallest absolute Gasteiger partial charge is 0.339 e. The van der Waals surface area contributed by atoms with E-state index in [1.165, 1.54) is 16.9 Å². The van der Waals surface area contributed by atoms with Crippen molar-refractivity contribution in [3.63, 3.8) is 0 Å². The highest BCUT2D eigenvalue weighted by atomic mass is 32.2. The summed E-state index contributed by atoms with van der Waals surface area (Å²) in [4.78, 5) is 13.0. The first-order valence-corrected chi connectivity index (χ1v) is 12.8. The lowest BCUT2D eigenvalue weighted by atomic mass is 10.0. The topological polar surface area (TPSA) is 99.3 Å². The molecule has 3 heterocycles. The van der Waals surface area contributed by atoms with Crippen LogP contribution in [0.3, 0.4) is 0 Å². The first-order chi connectivity index (χ1) is 16.3. The highest BCUT2D eigenvalue weighted by molar-refractivity contribution is 7.88. The number of rotatable bonds is 7. The maximum Gasteiger partial charge on any atom is 0.339 e. The summed E-state index contributed by atoms with van der Waals surface area (Å²) in [6.07, 6.45) is 5.04. The van der Waals surface area contributed by atoms with Crippen molar-refractivity contribution in [1.82, 2.24) is 23.9 Å². The summed E-state index contributed by atoms with van der Waals surface area (Å²) in [6, 6.07) is 15.9. The van der Waals surface area contributed by atoms with Gasteiger partial charge in [-0.15, -0.1) is 5.10 Å². The maximum absolute atomic E-state index is 13.0. The number of hydrogen-bond acceptors (Lipinski definition) is 6. The van der Waals surface area contributed by atoms with Crippen LogP contribution in [0, 0.1) is 0 Å². The van der Waals surface area contributed by atoms with Crippen LogP contribution >= 0.6 is 0 Å². The van der Waals surface area contributed by atoms with Crippen LogP contribution in [0.4, 0.5) is 0 Å². The second-order valence-electron chi connectivity index (χ2n) is 8.65. The van der Waals surface area contributed by atoms with Crippen LogP contribution in [0.2, 0.25) is 0 Å². The van der Waals surface area contributed by atoms with Crippen LogP contribution in [0.5, 0.6) is 0 Å². The van der Waals surface area contributed by atoms with Gasteiger partial charge in [0, 0.05) is 43.3 Å². The molecule has 0 saturated heterocycles. The van der Waals surface area contributed by atoms with Crippen molar-refractivity contribution in [3.8, 4) is 0 Å². The molecule has 1 aliphatic heterocycles. The molecule has 1 atom stereocenters. The predicted octanol–water partition coefficient (Wildman–Crippen LogP) is 2.45. The number of carbonyl (C=O) groups excluding carboxylic acids is 1. The number of hydrogen-bond donors (Lipinski definition) is 0. The Hall–Kier alpha value is -3.50. The Bertz CT molecular complexity index is 1460. The standard InChI is InChI=1S/C24H25N5O4S/c1-27(34(2,31)32)14-19-15-29(26-25-19)16-20-11-18-13-28(12-17-7-4-3-5-8-17)22-10-6-9-21(23(18)22)24(30)33-20/h3-10,13,15,20H,11-12,14,16H2,1-2H3. The van der Waals surface area contributed by atoms with E-state index in [1.807, 2.05) is 30.3 Å². The summed E-state index contributed by atoms with van der Waals surface area (Å²) in [7, 11) is -1.83. The molecule has 0 aliphatic carbocycles. The van der Waals surface area contributed by atoms with Crippen molar-refractivity contribution in [3.05, 3.63) is 83.3 Å². The molecule has 0 saturated carbocycles. The molecule has 9 nitrogen and oxygen atoms in total. The largest absolute Gasteiger partial charge is 0.456 e. The summed E-state index contributed by atoms with van der Waals surface area (Å²) < 4.78 is 34.1. The van der Waals surface area contributed by atoms with Crippen molar-refractivity contribution in [2.24, 2.45) is 0 Å². The Morgan fingerprint density at radius 2 is 1.91 bits per heavy atom. The van der Waals surface area contributed by atoms with Crippen molar-refractivity contribution in [2.45, 2.75) is 32.2 Å². The number of ether oxygens (including phenoxy) is 1. The molecule has 0 N–H and O–H groups in total. The zero-order valence-electron chi connectivity index (χ0n) is 19.0. The molecule has 0 amide bonds. The second kappa shape index (κ2) is 8.69. The number of carbonyl (C=O) groups is 1. The molecule has 1 unspecified atom stereocenters. The Morgan fingerprint density at radius 1 is 1.12 bits per heavy atom. The van der Waals surface area contributed by atoms with Crippen LogP contribution in [0.15, 0.2) is 60.9 Å². The lowest BCUT2D eigenvalue weighted by Crippen LogP contribution is -2.25. The average molecular weight is 480 g/mol. The van der Waals surface area contributed by atoms with Gasteiger partial charge < -0.3 is 9.30 Å². The van der Waals surface area contributed by atoms with E-state index < -0.39 is 16.1 Å². The van der Waals surface area contributed by atoms with Gasteiger partial charge in [-0.25, -0.2) is 17.9 Å². The van der Waals surface area contributed by atoms with E-state index in [4.69, 9.17) is 4.74 Å². The molecule has 1 aliphatic rings. The molecule has 4 aromatic rings.